The molecule has 0 aromatic heterocycles. The maximum Gasteiger partial charge on any atom is 0.246 e. The summed E-state index contributed by atoms with van der Waals surface area (Å²) in [5, 5.41) is 3.03. The van der Waals surface area contributed by atoms with Gasteiger partial charge in [-0.1, -0.05) is 47.5 Å². The van der Waals surface area contributed by atoms with Crippen molar-refractivity contribution < 1.29 is 13.2 Å². The van der Waals surface area contributed by atoms with E-state index < -0.39 is 10.0 Å². The van der Waals surface area contributed by atoms with Crippen molar-refractivity contribution in [1.29, 1.82) is 0 Å². The van der Waals surface area contributed by atoms with E-state index in [-0.39, 0.29) is 40.5 Å². The van der Waals surface area contributed by atoms with Gasteiger partial charge in [-0.2, -0.15) is 4.31 Å². The third-order valence-corrected chi connectivity index (χ3v) is 7.13. The number of benzene rings is 2. The lowest BCUT2D eigenvalue weighted by Crippen LogP contribution is -2.50. The van der Waals surface area contributed by atoms with E-state index in [0.29, 0.717) is 13.1 Å². The fourth-order valence-electron chi connectivity index (χ4n) is 2.91. The zero-order chi connectivity index (χ0) is 19.4. The molecule has 3 rings (SSSR count). The SMILES string of the molecule is O=C(CN1CCN(S(=O)(=O)c2c(Cl)cccc2Cl)CC1)Nc1ccccc1. The molecule has 27 heavy (non-hydrogen) atoms. The Bertz CT molecular complexity index is 894. The van der Waals surface area contributed by atoms with Crippen molar-refractivity contribution in [2.75, 3.05) is 38.0 Å². The molecule has 1 N–H and O–H groups in total. The molecule has 1 aliphatic heterocycles. The minimum atomic E-state index is -3.78. The van der Waals surface area contributed by atoms with E-state index in [4.69, 9.17) is 23.2 Å². The normalized spacial score (nSPS) is 16.2. The lowest BCUT2D eigenvalue weighted by Gasteiger charge is -2.33. The Labute approximate surface area is 168 Å². The van der Waals surface area contributed by atoms with Gasteiger partial charge in [-0.05, 0) is 24.3 Å². The first-order valence-electron chi connectivity index (χ1n) is 8.39. The van der Waals surface area contributed by atoms with E-state index in [1.165, 1.54) is 16.4 Å². The van der Waals surface area contributed by atoms with Gasteiger partial charge >= 0.3 is 0 Å². The van der Waals surface area contributed by atoms with Crippen LogP contribution < -0.4 is 5.32 Å². The van der Waals surface area contributed by atoms with Crippen LogP contribution in [0.15, 0.2) is 53.4 Å². The summed E-state index contributed by atoms with van der Waals surface area (Å²) in [5.41, 5.74) is 0.733. The van der Waals surface area contributed by atoms with E-state index in [9.17, 15) is 13.2 Å². The monoisotopic (exact) mass is 427 g/mol. The highest BCUT2D eigenvalue weighted by Crippen LogP contribution is 2.31. The average Bonchev–Trinajstić information content (AvgIpc) is 2.62. The zero-order valence-electron chi connectivity index (χ0n) is 14.4. The molecule has 0 aliphatic carbocycles. The topological polar surface area (TPSA) is 69.7 Å². The van der Waals surface area contributed by atoms with E-state index in [0.717, 1.165) is 5.69 Å². The summed E-state index contributed by atoms with van der Waals surface area (Å²) >= 11 is 12.1. The molecule has 0 bridgehead atoms. The fourth-order valence-corrected chi connectivity index (χ4v) is 5.42. The quantitative estimate of drug-likeness (QED) is 0.795. The molecule has 0 unspecified atom stereocenters. The second-order valence-corrected chi connectivity index (χ2v) is 8.83. The smallest absolute Gasteiger partial charge is 0.246 e. The van der Waals surface area contributed by atoms with E-state index >= 15 is 0 Å². The molecule has 1 amide bonds. The predicted octanol–water partition coefficient (Wildman–Crippen LogP) is 2.94. The molecule has 1 saturated heterocycles. The number of sulfonamides is 1. The van der Waals surface area contributed by atoms with Gasteiger partial charge < -0.3 is 5.32 Å². The van der Waals surface area contributed by atoms with Crippen LogP contribution in [-0.4, -0.2) is 56.3 Å². The molecule has 6 nitrogen and oxygen atoms in total. The second kappa shape index (κ2) is 8.58. The molecule has 2 aromatic carbocycles. The number of halogens is 2. The standard InChI is InChI=1S/C18H19Cl2N3O3S/c19-15-7-4-8-16(20)18(15)27(25,26)23-11-9-22(10-12-23)13-17(24)21-14-5-2-1-3-6-14/h1-8H,9-13H2,(H,21,24). The lowest BCUT2D eigenvalue weighted by atomic mass is 10.3. The Morgan fingerprint density at radius 2 is 1.52 bits per heavy atom. The highest BCUT2D eigenvalue weighted by Gasteiger charge is 2.32. The second-order valence-electron chi connectivity index (χ2n) is 6.15. The van der Waals surface area contributed by atoms with E-state index in [2.05, 4.69) is 5.32 Å². The summed E-state index contributed by atoms with van der Waals surface area (Å²) in [6, 6.07) is 13.8. The molecule has 1 fully saturated rings. The number of piperazine rings is 1. The number of anilines is 1. The molecule has 1 heterocycles. The van der Waals surface area contributed by atoms with Crippen LogP contribution in [0.25, 0.3) is 0 Å². The number of amides is 1. The number of nitrogens with one attached hydrogen (secondary N) is 1. The lowest BCUT2D eigenvalue weighted by molar-refractivity contribution is -0.117. The fraction of sp³-hybridized carbons (Fsp3) is 0.278. The molecular weight excluding hydrogens is 409 g/mol. The maximum atomic E-state index is 12.9. The van der Waals surface area contributed by atoms with Crippen LogP contribution in [0.5, 0.6) is 0 Å². The summed E-state index contributed by atoms with van der Waals surface area (Å²) in [6.07, 6.45) is 0. The number of nitrogens with zero attached hydrogens (tertiary/aromatic N) is 2. The van der Waals surface area contributed by atoms with E-state index in [1.807, 2.05) is 35.2 Å². The zero-order valence-corrected chi connectivity index (χ0v) is 16.8. The van der Waals surface area contributed by atoms with Gasteiger partial charge in [0, 0.05) is 31.9 Å². The van der Waals surface area contributed by atoms with Crippen LogP contribution in [0.4, 0.5) is 5.69 Å². The van der Waals surface area contributed by atoms with Crippen molar-refractivity contribution in [3.05, 3.63) is 58.6 Å². The number of carbonyl (C=O) groups is 1. The first kappa shape index (κ1) is 20.1. The van der Waals surface area contributed by atoms with Gasteiger partial charge in [0.2, 0.25) is 15.9 Å². The van der Waals surface area contributed by atoms with Crippen LogP contribution in [0.3, 0.4) is 0 Å². The van der Waals surface area contributed by atoms with Crippen LogP contribution >= 0.6 is 23.2 Å². The Balaban J connectivity index is 1.59. The van der Waals surface area contributed by atoms with E-state index in [1.54, 1.807) is 6.07 Å². The van der Waals surface area contributed by atoms with Crippen LogP contribution in [0, 0.1) is 0 Å². The van der Waals surface area contributed by atoms with Gasteiger partial charge in [-0.15, -0.1) is 0 Å². The van der Waals surface area contributed by atoms with Crippen molar-refractivity contribution in [3.8, 4) is 0 Å². The molecule has 0 saturated carbocycles. The average molecular weight is 428 g/mol. The molecular formula is C18H19Cl2N3O3S. The van der Waals surface area contributed by atoms with Crippen molar-refractivity contribution in [1.82, 2.24) is 9.21 Å². The molecule has 0 spiro atoms. The summed E-state index contributed by atoms with van der Waals surface area (Å²) < 4.78 is 27.1. The predicted molar refractivity (Wildman–Crippen MR) is 107 cm³/mol. The van der Waals surface area contributed by atoms with Gasteiger partial charge in [-0.25, -0.2) is 8.42 Å². The Morgan fingerprint density at radius 3 is 2.11 bits per heavy atom. The molecule has 9 heteroatoms. The third kappa shape index (κ3) is 4.80. The van der Waals surface area contributed by atoms with Crippen molar-refractivity contribution in [2.24, 2.45) is 0 Å². The molecule has 1 aliphatic rings. The highest BCUT2D eigenvalue weighted by atomic mass is 35.5. The number of hydrogen-bond donors (Lipinski definition) is 1. The maximum absolute atomic E-state index is 12.9. The van der Waals surface area contributed by atoms with Gasteiger partial charge in [0.15, 0.2) is 0 Å². The number of carbonyl (C=O) groups excluding carboxylic acids is 1. The summed E-state index contributed by atoms with van der Waals surface area (Å²) in [7, 11) is -3.78. The first-order valence-corrected chi connectivity index (χ1v) is 10.6. The van der Waals surface area contributed by atoms with Crippen LogP contribution in [0.2, 0.25) is 10.0 Å². The number of para-hydroxylation sites is 1. The Hall–Kier alpha value is -1.64. The number of rotatable bonds is 5. The van der Waals surface area contributed by atoms with Gasteiger partial charge in [0.1, 0.15) is 4.90 Å². The van der Waals surface area contributed by atoms with Gasteiger partial charge in [-0.3, -0.25) is 9.69 Å². The summed E-state index contributed by atoms with van der Waals surface area (Å²) in [4.78, 5) is 14.0. The highest BCUT2D eigenvalue weighted by molar-refractivity contribution is 7.89. The largest absolute Gasteiger partial charge is 0.325 e. The molecule has 0 atom stereocenters. The summed E-state index contributed by atoms with van der Waals surface area (Å²) in [6.45, 7) is 1.63. The third-order valence-electron chi connectivity index (χ3n) is 4.27. The molecule has 144 valence electrons. The number of hydrogen-bond acceptors (Lipinski definition) is 4. The van der Waals surface area contributed by atoms with Crippen molar-refractivity contribution in [3.63, 3.8) is 0 Å². The minimum Gasteiger partial charge on any atom is -0.325 e. The Morgan fingerprint density at radius 1 is 0.926 bits per heavy atom. The van der Waals surface area contributed by atoms with Gasteiger partial charge in [0.25, 0.3) is 0 Å². The van der Waals surface area contributed by atoms with Crippen LogP contribution in [0.1, 0.15) is 0 Å². The van der Waals surface area contributed by atoms with Crippen molar-refractivity contribution >= 4 is 44.8 Å². The summed E-state index contributed by atoms with van der Waals surface area (Å²) in [5.74, 6) is -0.133. The minimum absolute atomic E-state index is 0.0661. The molecule has 2 aromatic rings. The van der Waals surface area contributed by atoms with Crippen LogP contribution in [-0.2, 0) is 14.8 Å². The van der Waals surface area contributed by atoms with Gasteiger partial charge in [0.05, 0.1) is 16.6 Å². The first-order chi connectivity index (χ1) is 12.9. The Kier molecular flexibility index (Phi) is 6.39. The van der Waals surface area contributed by atoms with Crippen molar-refractivity contribution in [2.45, 2.75) is 4.90 Å². The molecule has 0 radical (unpaired) electrons.